The average Bonchev–Trinajstić information content (AvgIpc) is 3.08. The summed E-state index contributed by atoms with van der Waals surface area (Å²) in [7, 11) is 0. The van der Waals surface area contributed by atoms with Gasteiger partial charge in [0.15, 0.2) is 0 Å². The molecule has 1 aromatic heterocycles. The van der Waals surface area contributed by atoms with Crippen molar-refractivity contribution in [3.05, 3.63) is 65.7 Å². The first-order chi connectivity index (χ1) is 10.7. The fourth-order valence-electron chi connectivity index (χ4n) is 2.86. The molecule has 3 aromatic rings. The van der Waals surface area contributed by atoms with E-state index in [0.717, 1.165) is 11.3 Å². The first-order valence-electron chi connectivity index (χ1n) is 7.70. The van der Waals surface area contributed by atoms with E-state index in [1.54, 1.807) is 6.33 Å². The van der Waals surface area contributed by atoms with E-state index in [4.69, 9.17) is 0 Å². The quantitative estimate of drug-likeness (QED) is 0.764. The Bertz CT molecular complexity index is 790. The summed E-state index contributed by atoms with van der Waals surface area (Å²) in [6.07, 6.45) is 4.68. The number of hydrogen-bond acceptors (Lipinski definition) is 2. The van der Waals surface area contributed by atoms with Gasteiger partial charge < -0.3 is 4.98 Å². The Labute approximate surface area is 130 Å². The number of rotatable bonds is 5. The maximum absolute atomic E-state index is 11.7. The highest BCUT2D eigenvalue weighted by atomic mass is 16.1. The Morgan fingerprint density at radius 2 is 2.14 bits per heavy atom. The number of Topliss-reactive ketones (excluding diaryl/α,β-unsaturated/α-hetero) is 1. The van der Waals surface area contributed by atoms with Crippen molar-refractivity contribution in [3.63, 3.8) is 0 Å². The van der Waals surface area contributed by atoms with E-state index in [1.165, 1.54) is 16.3 Å². The molecule has 3 heteroatoms. The van der Waals surface area contributed by atoms with Crippen molar-refractivity contribution in [1.29, 1.82) is 0 Å². The number of carbonyl (C=O) groups is 1. The van der Waals surface area contributed by atoms with E-state index in [9.17, 15) is 4.79 Å². The third-order valence-electron chi connectivity index (χ3n) is 4.23. The highest BCUT2D eigenvalue weighted by molar-refractivity contribution is 5.89. The van der Waals surface area contributed by atoms with Gasteiger partial charge in [-0.3, -0.25) is 4.79 Å². The molecular formula is C19H20N2O. The summed E-state index contributed by atoms with van der Waals surface area (Å²) in [5.74, 6) is 0.516. The molecule has 0 saturated carbocycles. The van der Waals surface area contributed by atoms with Crippen LogP contribution in [0.4, 0.5) is 0 Å². The third kappa shape index (κ3) is 2.80. The molecule has 1 N–H and O–H groups in total. The zero-order valence-electron chi connectivity index (χ0n) is 13.0. The number of hydrogen-bond donors (Lipinski definition) is 1. The van der Waals surface area contributed by atoms with Crippen LogP contribution in [0.5, 0.6) is 0 Å². The van der Waals surface area contributed by atoms with Crippen molar-refractivity contribution in [2.24, 2.45) is 0 Å². The van der Waals surface area contributed by atoms with E-state index in [1.807, 2.05) is 13.1 Å². The van der Waals surface area contributed by atoms with Crippen molar-refractivity contribution in [3.8, 4) is 0 Å². The lowest BCUT2D eigenvalue weighted by atomic mass is 9.91. The maximum Gasteiger partial charge on any atom is 0.136 e. The number of carbonyl (C=O) groups excluding carboxylic acids is 1. The largest absolute Gasteiger partial charge is 0.348 e. The lowest BCUT2D eigenvalue weighted by molar-refractivity contribution is -0.118. The van der Waals surface area contributed by atoms with Crippen molar-refractivity contribution in [1.82, 2.24) is 9.97 Å². The van der Waals surface area contributed by atoms with Gasteiger partial charge in [0, 0.05) is 30.7 Å². The molecule has 0 aliphatic rings. The lowest BCUT2D eigenvalue weighted by Gasteiger charge is -2.14. The van der Waals surface area contributed by atoms with Crippen LogP contribution in [0, 0.1) is 0 Å². The van der Waals surface area contributed by atoms with E-state index < -0.39 is 0 Å². The summed E-state index contributed by atoms with van der Waals surface area (Å²) in [5, 5.41) is 2.42. The minimum absolute atomic E-state index is 0.239. The minimum Gasteiger partial charge on any atom is -0.348 e. The molecule has 112 valence electrons. The van der Waals surface area contributed by atoms with Gasteiger partial charge in [-0.2, -0.15) is 0 Å². The van der Waals surface area contributed by atoms with Crippen LogP contribution in [0.3, 0.4) is 0 Å². The molecule has 2 aromatic carbocycles. The Hall–Kier alpha value is -2.42. The number of aromatic amines is 1. The van der Waals surface area contributed by atoms with Gasteiger partial charge in [-0.15, -0.1) is 0 Å². The predicted molar refractivity (Wildman–Crippen MR) is 89.1 cm³/mol. The molecule has 0 saturated heterocycles. The molecule has 0 radical (unpaired) electrons. The Morgan fingerprint density at radius 3 is 2.86 bits per heavy atom. The molecule has 0 amide bonds. The summed E-state index contributed by atoms with van der Waals surface area (Å²) < 4.78 is 0. The van der Waals surface area contributed by atoms with E-state index in [-0.39, 0.29) is 11.7 Å². The van der Waals surface area contributed by atoms with Crippen LogP contribution in [0.15, 0.2) is 48.9 Å². The van der Waals surface area contributed by atoms with Gasteiger partial charge in [0.25, 0.3) is 0 Å². The molecule has 3 nitrogen and oxygen atoms in total. The standard InChI is InChI=1S/C19H20N2O/c1-3-16(22)9-14-7-8-15-5-4-6-17(18(15)10-14)13(2)19-11-20-12-21-19/h4-8,10-13H,3,9H2,1-2H3,(H,20,21). The zero-order valence-corrected chi connectivity index (χ0v) is 13.0. The fraction of sp³-hybridized carbons (Fsp3) is 0.263. The van der Waals surface area contributed by atoms with Crippen molar-refractivity contribution < 1.29 is 4.79 Å². The van der Waals surface area contributed by atoms with Crippen LogP contribution in [0.2, 0.25) is 0 Å². The first-order valence-corrected chi connectivity index (χ1v) is 7.70. The van der Waals surface area contributed by atoms with Crippen molar-refractivity contribution in [2.75, 3.05) is 0 Å². The first kappa shape index (κ1) is 14.5. The second-order valence-electron chi connectivity index (χ2n) is 5.70. The van der Waals surface area contributed by atoms with Crippen LogP contribution in [0.1, 0.15) is 43.0 Å². The molecule has 1 heterocycles. The molecule has 0 aliphatic heterocycles. The molecule has 0 aliphatic carbocycles. The normalized spacial score (nSPS) is 12.5. The molecule has 3 rings (SSSR count). The van der Waals surface area contributed by atoms with E-state index >= 15 is 0 Å². The molecule has 1 unspecified atom stereocenters. The second kappa shape index (κ2) is 6.14. The Balaban J connectivity index is 2.06. The average molecular weight is 292 g/mol. The van der Waals surface area contributed by atoms with E-state index in [2.05, 4.69) is 53.3 Å². The monoisotopic (exact) mass is 292 g/mol. The summed E-state index contributed by atoms with van der Waals surface area (Å²) >= 11 is 0. The Kier molecular flexibility index (Phi) is 4.05. The molecule has 1 atom stereocenters. The number of ketones is 1. The zero-order chi connectivity index (χ0) is 15.5. The molecule has 0 fully saturated rings. The highest BCUT2D eigenvalue weighted by Gasteiger charge is 2.13. The van der Waals surface area contributed by atoms with Crippen LogP contribution >= 0.6 is 0 Å². The van der Waals surface area contributed by atoms with Gasteiger partial charge in [0.1, 0.15) is 5.78 Å². The summed E-state index contributed by atoms with van der Waals surface area (Å²) in [6.45, 7) is 4.08. The van der Waals surface area contributed by atoms with Gasteiger partial charge in [-0.1, -0.05) is 50.2 Å². The minimum atomic E-state index is 0.239. The van der Waals surface area contributed by atoms with Crippen molar-refractivity contribution in [2.45, 2.75) is 32.6 Å². The lowest BCUT2D eigenvalue weighted by Crippen LogP contribution is -2.01. The van der Waals surface area contributed by atoms with Crippen LogP contribution in [-0.4, -0.2) is 15.8 Å². The smallest absolute Gasteiger partial charge is 0.136 e. The number of aromatic nitrogens is 2. The molecule has 0 bridgehead atoms. The topological polar surface area (TPSA) is 45.8 Å². The van der Waals surface area contributed by atoms with Gasteiger partial charge >= 0.3 is 0 Å². The number of imidazole rings is 1. The van der Waals surface area contributed by atoms with Crippen LogP contribution in [0.25, 0.3) is 10.8 Å². The van der Waals surface area contributed by atoms with Gasteiger partial charge in [-0.25, -0.2) is 4.98 Å². The number of nitrogens with zero attached hydrogens (tertiary/aromatic N) is 1. The Morgan fingerprint density at radius 1 is 1.27 bits per heavy atom. The number of nitrogens with one attached hydrogen (secondary N) is 1. The third-order valence-corrected chi connectivity index (χ3v) is 4.23. The van der Waals surface area contributed by atoms with Gasteiger partial charge in [0.05, 0.1) is 6.33 Å². The molecule has 22 heavy (non-hydrogen) atoms. The predicted octanol–water partition coefficient (Wildman–Crippen LogP) is 4.24. The summed E-state index contributed by atoms with van der Waals surface area (Å²) in [6, 6.07) is 12.7. The highest BCUT2D eigenvalue weighted by Crippen LogP contribution is 2.30. The molecule has 0 spiro atoms. The van der Waals surface area contributed by atoms with Gasteiger partial charge in [-0.05, 0) is 21.9 Å². The van der Waals surface area contributed by atoms with Crippen molar-refractivity contribution >= 4 is 16.6 Å². The fourth-order valence-corrected chi connectivity index (χ4v) is 2.86. The number of H-pyrrole nitrogens is 1. The summed E-state index contributed by atoms with van der Waals surface area (Å²) in [5.41, 5.74) is 3.44. The van der Waals surface area contributed by atoms with Crippen LogP contribution in [-0.2, 0) is 11.2 Å². The van der Waals surface area contributed by atoms with Crippen LogP contribution < -0.4 is 0 Å². The van der Waals surface area contributed by atoms with Gasteiger partial charge in [0.2, 0.25) is 0 Å². The SMILES string of the molecule is CCC(=O)Cc1ccc2cccc(C(C)c3cnc[nH]3)c2c1. The van der Waals surface area contributed by atoms with E-state index in [0.29, 0.717) is 12.8 Å². The second-order valence-corrected chi connectivity index (χ2v) is 5.70. The summed E-state index contributed by atoms with van der Waals surface area (Å²) in [4.78, 5) is 19.0. The molecular weight excluding hydrogens is 272 g/mol. The maximum atomic E-state index is 11.7. The number of benzene rings is 2. The number of fused-ring (bicyclic) bond motifs is 1.